The molecule has 1 aliphatic rings. The molecular formula is C25H34N2O2S. The molecule has 0 unspecified atom stereocenters. The van der Waals surface area contributed by atoms with E-state index in [1.54, 1.807) is 16.2 Å². The van der Waals surface area contributed by atoms with Gasteiger partial charge in [0.15, 0.2) is 0 Å². The summed E-state index contributed by atoms with van der Waals surface area (Å²) in [5.41, 5.74) is 3.57. The lowest BCUT2D eigenvalue weighted by molar-refractivity contribution is -0.144. The Morgan fingerprint density at radius 2 is 1.87 bits per heavy atom. The Bertz CT molecular complexity index is 872. The maximum Gasteiger partial charge on any atom is 0.243 e. The highest BCUT2D eigenvalue weighted by molar-refractivity contribution is 7.10. The first-order valence-corrected chi connectivity index (χ1v) is 11.9. The zero-order valence-corrected chi connectivity index (χ0v) is 19.7. The van der Waals surface area contributed by atoms with E-state index in [-0.39, 0.29) is 36.4 Å². The summed E-state index contributed by atoms with van der Waals surface area (Å²) in [7, 11) is 0. The van der Waals surface area contributed by atoms with Crippen LogP contribution in [0.2, 0.25) is 0 Å². The van der Waals surface area contributed by atoms with Crippen LogP contribution in [0, 0.1) is 12.8 Å². The van der Waals surface area contributed by atoms with Gasteiger partial charge in [0.1, 0.15) is 6.54 Å². The molecular weight excluding hydrogens is 392 g/mol. The monoisotopic (exact) mass is 426 g/mol. The smallest absolute Gasteiger partial charge is 0.243 e. The van der Waals surface area contributed by atoms with E-state index < -0.39 is 0 Å². The van der Waals surface area contributed by atoms with Crippen molar-refractivity contribution < 1.29 is 9.59 Å². The molecule has 0 saturated carbocycles. The second-order valence-corrected chi connectivity index (χ2v) is 9.83. The molecule has 0 aliphatic carbocycles. The van der Waals surface area contributed by atoms with Crippen molar-refractivity contribution in [3.8, 4) is 0 Å². The van der Waals surface area contributed by atoms with E-state index in [9.17, 15) is 9.59 Å². The first-order valence-electron chi connectivity index (χ1n) is 11.0. The highest BCUT2D eigenvalue weighted by Gasteiger charge is 2.34. The molecule has 0 spiro atoms. The highest BCUT2D eigenvalue weighted by Crippen LogP contribution is 2.38. The maximum atomic E-state index is 13.5. The molecule has 0 N–H and O–H groups in total. The van der Waals surface area contributed by atoms with E-state index in [1.807, 2.05) is 25.7 Å². The van der Waals surface area contributed by atoms with Crippen molar-refractivity contribution in [2.24, 2.45) is 5.92 Å². The third kappa shape index (κ3) is 4.94. The van der Waals surface area contributed by atoms with Crippen LogP contribution in [-0.2, 0) is 16.0 Å². The molecule has 2 heterocycles. The topological polar surface area (TPSA) is 40.6 Å². The lowest BCUT2D eigenvalue weighted by atomic mass is 9.92. The van der Waals surface area contributed by atoms with Crippen LogP contribution >= 0.6 is 11.3 Å². The second-order valence-electron chi connectivity index (χ2n) is 8.83. The number of nitrogens with zero attached hydrogens (tertiary/aromatic N) is 2. The molecule has 2 amide bonds. The van der Waals surface area contributed by atoms with Gasteiger partial charge in [0.2, 0.25) is 11.8 Å². The summed E-state index contributed by atoms with van der Waals surface area (Å²) >= 11 is 1.77. The van der Waals surface area contributed by atoms with Gasteiger partial charge >= 0.3 is 0 Å². The van der Waals surface area contributed by atoms with Crippen LogP contribution in [0.25, 0.3) is 0 Å². The molecule has 162 valence electrons. The summed E-state index contributed by atoms with van der Waals surface area (Å²) in [5.74, 6) is 0.394. The van der Waals surface area contributed by atoms with E-state index in [1.165, 1.54) is 16.0 Å². The Balaban J connectivity index is 1.88. The number of aryl methyl sites for hydroxylation is 1. The van der Waals surface area contributed by atoms with Gasteiger partial charge < -0.3 is 9.80 Å². The number of rotatable bonds is 7. The van der Waals surface area contributed by atoms with Gasteiger partial charge in [-0.2, -0.15) is 0 Å². The van der Waals surface area contributed by atoms with Gasteiger partial charge in [-0.25, -0.2) is 0 Å². The number of hydrogen-bond donors (Lipinski definition) is 0. The molecule has 1 aromatic carbocycles. The maximum absolute atomic E-state index is 13.5. The number of amides is 2. The van der Waals surface area contributed by atoms with Gasteiger partial charge in [0.05, 0.1) is 6.04 Å². The Hall–Kier alpha value is -2.14. The molecule has 4 nitrogen and oxygen atoms in total. The predicted octanol–water partition coefficient (Wildman–Crippen LogP) is 5.20. The summed E-state index contributed by atoms with van der Waals surface area (Å²) < 4.78 is 0. The summed E-state index contributed by atoms with van der Waals surface area (Å²) in [6.45, 7) is 11.1. The molecule has 0 fully saturated rings. The SMILES string of the molecule is CC[C@H](C)N(CC(=O)N1CCc2sccc2[C@@H]1c1ccc(C)cc1)C(=O)CC(C)C. The highest BCUT2D eigenvalue weighted by atomic mass is 32.1. The van der Waals surface area contributed by atoms with Crippen molar-refractivity contribution in [3.05, 3.63) is 57.3 Å². The second kappa shape index (κ2) is 9.78. The van der Waals surface area contributed by atoms with Gasteiger partial charge in [-0.3, -0.25) is 9.59 Å². The van der Waals surface area contributed by atoms with Crippen molar-refractivity contribution in [1.29, 1.82) is 0 Å². The number of carbonyl (C=O) groups excluding carboxylic acids is 2. The predicted molar refractivity (Wildman–Crippen MR) is 124 cm³/mol. The molecule has 3 rings (SSSR count). The molecule has 2 aromatic rings. The van der Waals surface area contributed by atoms with Crippen LogP contribution in [0.15, 0.2) is 35.7 Å². The van der Waals surface area contributed by atoms with Crippen molar-refractivity contribution in [2.75, 3.05) is 13.1 Å². The summed E-state index contributed by atoms with van der Waals surface area (Å²) in [5, 5.41) is 2.12. The summed E-state index contributed by atoms with van der Waals surface area (Å²) in [6.07, 6.45) is 2.20. The molecule has 0 radical (unpaired) electrons. The third-order valence-electron chi connectivity index (χ3n) is 6.01. The summed E-state index contributed by atoms with van der Waals surface area (Å²) in [6, 6.07) is 10.6. The molecule has 5 heteroatoms. The lowest BCUT2D eigenvalue weighted by Crippen LogP contribution is -2.49. The quantitative estimate of drug-likeness (QED) is 0.610. The number of hydrogen-bond acceptors (Lipinski definition) is 3. The van der Waals surface area contributed by atoms with Gasteiger partial charge in [0, 0.05) is 23.9 Å². The van der Waals surface area contributed by atoms with Gasteiger partial charge in [-0.15, -0.1) is 11.3 Å². The van der Waals surface area contributed by atoms with Gasteiger partial charge in [-0.05, 0) is 55.2 Å². The average Bonchev–Trinajstić information content (AvgIpc) is 3.19. The lowest BCUT2D eigenvalue weighted by Gasteiger charge is -2.38. The third-order valence-corrected chi connectivity index (χ3v) is 7.01. The van der Waals surface area contributed by atoms with Crippen LogP contribution < -0.4 is 0 Å². The molecule has 1 aromatic heterocycles. The molecule has 0 bridgehead atoms. The van der Waals surface area contributed by atoms with Crippen LogP contribution in [0.4, 0.5) is 0 Å². The molecule has 1 aliphatic heterocycles. The molecule has 0 saturated heterocycles. The largest absolute Gasteiger partial charge is 0.331 e. The zero-order valence-electron chi connectivity index (χ0n) is 18.9. The van der Waals surface area contributed by atoms with Gasteiger partial charge in [-0.1, -0.05) is 50.6 Å². The molecule has 30 heavy (non-hydrogen) atoms. The van der Waals surface area contributed by atoms with Crippen molar-refractivity contribution in [3.63, 3.8) is 0 Å². The van der Waals surface area contributed by atoms with Crippen LogP contribution in [0.1, 0.15) is 68.1 Å². The van der Waals surface area contributed by atoms with E-state index in [0.717, 1.165) is 18.4 Å². The van der Waals surface area contributed by atoms with E-state index in [0.29, 0.717) is 13.0 Å². The fourth-order valence-electron chi connectivity index (χ4n) is 4.11. The Morgan fingerprint density at radius 3 is 2.50 bits per heavy atom. The standard InChI is InChI=1S/C25H34N2O2S/c1-6-19(5)27(23(28)15-17(2)3)16-24(29)26-13-11-22-21(12-14-30-22)25(26)20-9-7-18(4)8-10-20/h7-10,12,14,17,19,25H,6,11,13,15-16H2,1-5H3/t19-,25-/m0/s1. The van der Waals surface area contributed by atoms with Crippen LogP contribution in [-0.4, -0.2) is 40.7 Å². The van der Waals surface area contributed by atoms with E-state index in [4.69, 9.17) is 0 Å². The number of benzene rings is 1. The summed E-state index contributed by atoms with van der Waals surface area (Å²) in [4.78, 5) is 31.5. The zero-order chi connectivity index (χ0) is 21.8. The fraction of sp³-hybridized carbons (Fsp3) is 0.520. The number of thiophene rings is 1. The number of fused-ring (bicyclic) bond motifs is 1. The Kier molecular flexibility index (Phi) is 7.35. The van der Waals surface area contributed by atoms with E-state index >= 15 is 0 Å². The minimum atomic E-state index is -0.0768. The fourth-order valence-corrected chi connectivity index (χ4v) is 5.01. The number of carbonyl (C=O) groups is 2. The van der Waals surface area contributed by atoms with E-state index in [2.05, 4.69) is 49.6 Å². The first-order chi connectivity index (χ1) is 14.3. The van der Waals surface area contributed by atoms with Crippen molar-refractivity contribution in [1.82, 2.24) is 9.80 Å². The Morgan fingerprint density at radius 1 is 1.17 bits per heavy atom. The van der Waals surface area contributed by atoms with Crippen LogP contribution in [0.5, 0.6) is 0 Å². The average molecular weight is 427 g/mol. The van der Waals surface area contributed by atoms with Crippen molar-refractivity contribution in [2.45, 2.75) is 66.0 Å². The van der Waals surface area contributed by atoms with Gasteiger partial charge in [0.25, 0.3) is 0 Å². The molecule has 2 atom stereocenters. The van der Waals surface area contributed by atoms with Crippen LogP contribution in [0.3, 0.4) is 0 Å². The van der Waals surface area contributed by atoms with Crippen molar-refractivity contribution >= 4 is 23.2 Å². The Labute approximate surface area is 184 Å². The minimum absolute atomic E-state index is 0.0369. The normalized spacial score (nSPS) is 17.0. The minimum Gasteiger partial charge on any atom is -0.331 e. The first kappa shape index (κ1) is 22.5.